The number of nitrogens with zero attached hydrogens (tertiary/aromatic N) is 1. The molecule has 0 aliphatic heterocycles. The lowest BCUT2D eigenvalue weighted by atomic mass is 10.1. The molecule has 3 nitrogen and oxygen atoms in total. The Labute approximate surface area is 106 Å². The Balaban J connectivity index is 2.08. The molecular formula is C13H18N2OS. The van der Waals surface area contributed by atoms with Gasteiger partial charge in [-0.25, -0.2) is 0 Å². The Kier molecular flexibility index (Phi) is 4.20. The van der Waals surface area contributed by atoms with Crippen LogP contribution in [0.1, 0.15) is 38.4 Å². The van der Waals surface area contributed by atoms with Crippen molar-refractivity contribution in [3.63, 3.8) is 0 Å². The molecule has 0 saturated heterocycles. The Morgan fingerprint density at radius 1 is 1.35 bits per heavy atom. The summed E-state index contributed by atoms with van der Waals surface area (Å²) >= 11 is 1.67. The van der Waals surface area contributed by atoms with Gasteiger partial charge in [0.1, 0.15) is 5.76 Å². The average Bonchev–Trinajstić information content (AvgIpc) is 2.94. The van der Waals surface area contributed by atoms with Crippen molar-refractivity contribution in [1.29, 1.82) is 0 Å². The third kappa shape index (κ3) is 2.88. The molecule has 0 atom stereocenters. The van der Waals surface area contributed by atoms with Crippen molar-refractivity contribution in [2.75, 3.05) is 5.73 Å². The van der Waals surface area contributed by atoms with Crippen LogP contribution >= 0.6 is 11.3 Å². The number of hydrogen-bond acceptors (Lipinski definition) is 4. The molecule has 0 unspecified atom stereocenters. The molecule has 92 valence electrons. The molecule has 4 heteroatoms. The summed E-state index contributed by atoms with van der Waals surface area (Å²) in [6, 6.07) is 4.08. The van der Waals surface area contributed by atoms with Crippen molar-refractivity contribution < 1.29 is 4.52 Å². The zero-order chi connectivity index (χ0) is 12.1. The number of aromatic nitrogens is 1. The fourth-order valence-corrected chi connectivity index (χ4v) is 2.70. The lowest BCUT2D eigenvalue weighted by Gasteiger charge is -1.99. The molecule has 0 saturated carbocycles. The molecule has 0 spiro atoms. The fraction of sp³-hybridized carbons (Fsp3) is 0.462. The first-order valence-corrected chi connectivity index (χ1v) is 6.98. The van der Waals surface area contributed by atoms with Crippen molar-refractivity contribution in [2.45, 2.75) is 39.0 Å². The van der Waals surface area contributed by atoms with Crippen LogP contribution in [0.3, 0.4) is 0 Å². The first-order chi connectivity index (χ1) is 8.33. The van der Waals surface area contributed by atoms with Gasteiger partial charge in [-0.3, -0.25) is 0 Å². The molecule has 0 radical (unpaired) electrons. The predicted molar refractivity (Wildman–Crippen MR) is 72.1 cm³/mol. The number of nitrogen functional groups attached to an aromatic ring is 1. The van der Waals surface area contributed by atoms with E-state index >= 15 is 0 Å². The van der Waals surface area contributed by atoms with E-state index in [0.717, 1.165) is 29.0 Å². The summed E-state index contributed by atoms with van der Waals surface area (Å²) in [4.78, 5) is 1.15. The number of aryl methyl sites for hydroxylation is 1. The van der Waals surface area contributed by atoms with Gasteiger partial charge in [0, 0.05) is 11.3 Å². The third-order valence-corrected chi connectivity index (χ3v) is 3.70. The molecule has 0 amide bonds. The van der Waals surface area contributed by atoms with E-state index in [2.05, 4.69) is 18.1 Å². The van der Waals surface area contributed by atoms with Gasteiger partial charge in [-0.15, -0.1) is 11.3 Å². The highest BCUT2D eigenvalue weighted by atomic mass is 32.1. The van der Waals surface area contributed by atoms with E-state index in [9.17, 15) is 0 Å². The highest BCUT2D eigenvalue weighted by molar-refractivity contribution is 7.13. The summed E-state index contributed by atoms with van der Waals surface area (Å²) in [6.07, 6.45) is 5.83. The molecule has 2 heterocycles. The molecule has 0 fully saturated rings. The maximum Gasteiger partial charge on any atom is 0.175 e. The first kappa shape index (κ1) is 12.2. The quantitative estimate of drug-likeness (QED) is 0.785. The third-order valence-electron chi connectivity index (χ3n) is 2.81. The monoisotopic (exact) mass is 250 g/mol. The van der Waals surface area contributed by atoms with Gasteiger partial charge in [0.25, 0.3) is 0 Å². The van der Waals surface area contributed by atoms with Gasteiger partial charge < -0.3 is 10.3 Å². The summed E-state index contributed by atoms with van der Waals surface area (Å²) in [7, 11) is 0. The SMILES string of the molecule is CCCCCCc1onc(N)c1-c1cccs1. The number of nitrogens with two attached hydrogens (primary N) is 1. The molecule has 2 N–H and O–H groups in total. The zero-order valence-corrected chi connectivity index (χ0v) is 10.9. The normalized spacial score (nSPS) is 10.9. The zero-order valence-electron chi connectivity index (χ0n) is 10.1. The molecule has 0 aliphatic rings. The predicted octanol–water partition coefficient (Wildman–Crippen LogP) is 4.11. The summed E-state index contributed by atoms with van der Waals surface area (Å²) in [5.41, 5.74) is 6.86. The molecule has 2 aromatic heterocycles. The van der Waals surface area contributed by atoms with Gasteiger partial charge in [-0.05, 0) is 17.9 Å². The van der Waals surface area contributed by atoms with Crippen LogP contribution < -0.4 is 5.73 Å². The summed E-state index contributed by atoms with van der Waals surface area (Å²) < 4.78 is 5.33. The van der Waals surface area contributed by atoms with Gasteiger partial charge >= 0.3 is 0 Å². The highest BCUT2D eigenvalue weighted by Crippen LogP contribution is 2.33. The van der Waals surface area contributed by atoms with Gasteiger partial charge in [0.05, 0.1) is 5.56 Å². The lowest BCUT2D eigenvalue weighted by molar-refractivity contribution is 0.382. The lowest BCUT2D eigenvalue weighted by Crippen LogP contribution is -1.89. The fourth-order valence-electron chi connectivity index (χ4n) is 1.91. The van der Waals surface area contributed by atoms with Crippen LogP contribution in [0.2, 0.25) is 0 Å². The summed E-state index contributed by atoms with van der Waals surface area (Å²) in [6.45, 7) is 2.21. The van der Waals surface area contributed by atoms with Gasteiger partial charge in [0.2, 0.25) is 0 Å². The number of hydrogen-bond donors (Lipinski definition) is 1. The average molecular weight is 250 g/mol. The summed E-state index contributed by atoms with van der Waals surface area (Å²) in [5, 5.41) is 5.93. The number of anilines is 1. The van der Waals surface area contributed by atoms with Gasteiger partial charge in [-0.2, -0.15) is 0 Å². The number of unbranched alkanes of at least 4 members (excludes halogenated alkanes) is 3. The van der Waals surface area contributed by atoms with Crippen molar-refractivity contribution in [3.8, 4) is 10.4 Å². The van der Waals surface area contributed by atoms with Crippen molar-refractivity contribution >= 4 is 17.2 Å². The van der Waals surface area contributed by atoms with Crippen LogP contribution in [0.25, 0.3) is 10.4 Å². The van der Waals surface area contributed by atoms with Crippen LogP contribution in [-0.2, 0) is 6.42 Å². The second-order valence-electron chi connectivity index (χ2n) is 4.15. The van der Waals surface area contributed by atoms with Gasteiger partial charge in [-0.1, -0.05) is 37.4 Å². The second-order valence-corrected chi connectivity index (χ2v) is 5.10. The standard InChI is InChI=1S/C13H18N2OS/c1-2-3-4-5-7-10-12(13(14)15-16-10)11-8-6-9-17-11/h6,8-9H,2-5,7H2,1H3,(H2,14,15). The molecular weight excluding hydrogens is 232 g/mol. The van der Waals surface area contributed by atoms with E-state index in [1.54, 1.807) is 11.3 Å². The number of rotatable bonds is 6. The minimum Gasteiger partial charge on any atom is -0.380 e. The summed E-state index contributed by atoms with van der Waals surface area (Å²) in [5.74, 6) is 1.44. The van der Waals surface area contributed by atoms with Gasteiger partial charge in [0.15, 0.2) is 5.82 Å². The minimum atomic E-state index is 0.512. The largest absolute Gasteiger partial charge is 0.380 e. The van der Waals surface area contributed by atoms with Crippen LogP contribution in [0.15, 0.2) is 22.0 Å². The molecule has 2 rings (SSSR count). The molecule has 0 bridgehead atoms. The van der Waals surface area contributed by atoms with E-state index in [-0.39, 0.29) is 0 Å². The van der Waals surface area contributed by atoms with Crippen LogP contribution in [0.4, 0.5) is 5.82 Å². The Hall–Kier alpha value is -1.29. The van der Waals surface area contributed by atoms with Crippen molar-refractivity contribution in [1.82, 2.24) is 5.16 Å². The topological polar surface area (TPSA) is 52.0 Å². The Morgan fingerprint density at radius 3 is 2.94 bits per heavy atom. The van der Waals surface area contributed by atoms with E-state index < -0.39 is 0 Å². The van der Waals surface area contributed by atoms with Crippen LogP contribution in [-0.4, -0.2) is 5.16 Å². The van der Waals surface area contributed by atoms with Crippen LogP contribution in [0.5, 0.6) is 0 Å². The van der Waals surface area contributed by atoms with Crippen molar-refractivity contribution in [2.24, 2.45) is 0 Å². The maximum absolute atomic E-state index is 5.86. The first-order valence-electron chi connectivity index (χ1n) is 6.10. The van der Waals surface area contributed by atoms with E-state index in [1.807, 2.05) is 11.4 Å². The van der Waals surface area contributed by atoms with E-state index in [0.29, 0.717) is 5.82 Å². The van der Waals surface area contributed by atoms with Crippen molar-refractivity contribution in [3.05, 3.63) is 23.3 Å². The van der Waals surface area contributed by atoms with E-state index in [4.69, 9.17) is 10.3 Å². The molecule has 0 aliphatic carbocycles. The minimum absolute atomic E-state index is 0.512. The smallest absolute Gasteiger partial charge is 0.175 e. The Morgan fingerprint density at radius 2 is 2.24 bits per heavy atom. The maximum atomic E-state index is 5.86. The highest BCUT2D eigenvalue weighted by Gasteiger charge is 2.15. The molecule has 2 aromatic rings. The molecule has 17 heavy (non-hydrogen) atoms. The second kappa shape index (κ2) is 5.87. The number of thiophene rings is 1. The van der Waals surface area contributed by atoms with E-state index in [1.165, 1.54) is 19.3 Å². The van der Waals surface area contributed by atoms with Crippen LogP contribution in [0, 0.1) is 0 Å². The Bertz CT molecular complexity index is 448. The molecule has 0 aromatic carbocycles.